The fourth-order valence-electron chi connectivity index (χ4n) is 0.641. The molecule has 1 heteroatoms. The molecule has 0 aliphatic carbocycles. The fourth-order valence-corrected chi connectivity index (χ4v) is 0.641. The quantitative estimate of drug-likeness (QED) is 0.440. The van der Waals surface area contributed by atoms with Crippen LogP contribution in [0.5, 0.6) is 0 Å². The van der Waals surface area contributed by atoms with Crippen LogP contribution >= 0.6 is 0 Å². The minimum Gasteiger partial charge on any atom is -0.317 e. The predicted molar refractivity (Wildman–Crippen MR) is 39.5 cm³/mol. The zero-order chi connectivity index (χ0) is 7.11. The molecule has 1 radical (unpaired) electrons. The zero-order valence-corrected chi connectivity index (χ0v) is 6.20. The molecule has 0 spiro atoms. The highest BCUT2D eigenvalue weighted by Crippen LogP contribution is 1.97. The van der Waals surface area contributed by atoms with E-state index in [0.29, 0.717) is 6.04 Å². The Morgan fingerprint density at radius 3 is 2.78 bits per heavy atom. The first kappa shape index (κ1) is 8.52. The van der Waals surface area contributed by atoms with Gasteiger partial charge in [-0.15, -0.1) is 0 Å². The van der Waals surface area contributed by atoms with Gasteiger partial charge in [0.2, 0.25) is 0 Å². The molecule has 0 aromatic rings. The Morgan fingerprint density at radius 2 is 2.33 bits per heavy atom. The molecule has 1 nitrogen and oxygen atoms in total. The molecule has 0 heterocycles. The zero-order valence-electron chi connectivity index (χ0n) is 6.20. The van der Waals surface area contributed by atoms with Crippen LogP contribution in [0.2, 0.25) is 0 Å². The summed E-state index contributed by atoms with van der Waals surface area (Å²) in [7, 11) is 1.96. The van der Waals surface area contributed by atoms with Gasteiger partial charge in [-0.05, 0) is 33.2 Å². The first-order chi connectivity index (χ1) is 4.31. The van der Waals surface area contributed by atoms with Crippen LogP contribution in [0.3, 0.4) is 0 Å². The van der Waals surface area contributed by atoms with Crippen molar-refractivity contribution in [2.75, 3.05) is 7.05 Å². The second-order valence-electron chi connectivity index (χ2n) is 2.26. The average molecular weight is 124 g/mol. The van der Waals surface area contributed by atoms with Crippen LogP contribution in [-0.2, 0) is 0 Å². The van der Waals surface area contributed by atoms with Gasteiger partial charge in [-0.25, -0.2) is 0 Å². The van der Waals surface area contributed by atoms with Crippen molar-refractivity contribution in [2.24, 2.45) is 0 Å². The van der Waals surface area contributed by atoms with Crippen molar-refractivity contribution in [1.82, 2.24) is 5.32 Å². The molecular weight excluding hydrogens is 110 g/mol. The van der Waals surface area contributed by atoms with Gasteiger partial charge in [0.1, 0.15) is 0 Å². The SMILES string of the molecule is [C]#CCCCC(C)NC. The van der Waals surface area contributed by atoms with E-state index in [1.165, 1.54) is 0 Å². The van der Waals surface area contributed by atoms with Gasteiger partial charge in [-0.1, -0.05) is 5.92 Å². The van der Waals surface area contributed by atoms with E-state index in [2.05, 4.69) is 18.2 Å². The average Bonchev–Trinajstić information content (AvgIpc) is 1.89. The Morgan fingerprint density at radius 1 is 1.67 bits per heavy atom. The number of nitrogens with one attached hydrogen (secondary N) is 1. The molecule has 1 unspecified atom stereocenters. The summed E-state index contributed by atoms with van der Waals surface area (Å²) in [5.74, 6) is 2.37. The molecule has 9 heavy (non-hydrogen) atoms. The lowest BCUT2D eigenvalue weighted by Gasteiger charge is -2.06. The summed E-state index contributed by atoms with van der Waals surface area (Å²) in [5.41, 5.74) is 0. The molecule has 0 bridgehead atoms. The third kappa shape index (κ3) is 5.39. The normalized spacial score (nSPS) is 12.6. The van der Waals surface area contributed by atoms with Crippen molar-refractivity contribution >= 4 is 0 Å². The molecule has 51 valence electrons. The topological polar surface area (TPSA) is 12.0 Å². The Bertz CT molecular complexity index is 91.2. The van der Waals surface area contributed by atoms with Gasteiger partial charge in [0.15, 0.2) is 0 Å². The molecule has 0 saturated heterocycles. The Hall–Kier alpha value is -0.480. The monoisotopic (exact) mass is 124 g/mol. The largest absolute Gasteiger partial charge is 0.317 e. The van der Waals surface area contributed by atoms with E-state index in [0.717, 1.165) is 19.3 Å². The van der Waals surface area contributed by atoms with Crippen molar-refractivity contribution in [3.8, 4) is 5.92 Å². The highest BCUT2D eigenvalue weighted by molar-refractivity contribution is 4.75. The van der Waals surface area contributed by atoms with E-state index in [1.54, 1.807) is 0 Å². The van der Waals surface area contributed by atoms with Crippen molar-refractivity contribution < 1.29 is 0 Å². The van der Waals surface area contributed by atoms with Crippen LogP contribution < -0.4 is 5.32 Å². The molecule has 0 amide bonds. The van der Waals surface area contributed by atoms with E-state index in [4.69, 9.17) is 6.42 Å². The minimum atomic E-state index is 0.582. The van der Waals surface area contributed by atoms with Gasteiger partial charge in [0, 0.05) is 12.5 Å². The van der Waals surface area contributed by atoms with Gasteiger partial charge in [0.05, 0.1) is 0 Å². The van der Waals surface area contributed by atoms with Crippen LogP contribution in [0, 0.1) is 12.3 Å². The Balaban J connectivity index is 2.99. The lowest BCUT2D eigenvalue weighted by atomic mass is 10.1. The molecule has 0 aliphatic rings. The molecule has 0 saturated carbocycles. The first-order valence-corrected chi connectivity index (χ1v) is 3.38. The first-order valence-electron chi connectivity index (χ1n) is 3.38. The van der Waals surface area contributed by atoms with Gasteiger partial charge in [-0.3, -0.25) is 0 Å². The molecule has 0 aliphatic heterocycles. The molecule has 0 aromatic carbocycles. The van der Waals surface area contributed by atoms with Crippen LogP contribution in [0.1, 0.15) is 26.2 Å². The maximum absolute atomic E-state index is 6.63. The third-order valence-electron chi connectivity index (χ3n) is 1.43. The Kier molecular flexibility index (Phi) is 5.35. The predicted octanol–water partition coefficient (Wildman–Crippen LogP) is 1.35. The maximum Gasteiger partial charge on any atom is 0.00995 e. The van der Waals surface area contributed by atoms with Gasteiger partial charge in [-0.2, -0.15) is 0 Å². The number of hydrogen-bond donors (Lipinski definition) is 1. The lowest BCUT2D eigenvalue weighted by Crippen LogP contribution is -2.20. The fraction of sp³-hybridized carbons (Fsp3) is 0.750. The molecule has 1 atom stereocenters. The van der Waals surface area contributed by atoms with Crippen LogP contribution in [-0.4, -0.2) is 13.1 Å². The smallest absolute Gasteiger partial charge is 0.00995 e. The van der Waals surface area contributed by atoms with Crippen molar-refractivity contribution in [1.29, 1.82) is 0 Å². The van der Waals surface area contributed by atoms with Crippen molar-refractivity contribution in [3.63, 3.8) is 0 Å². The number of rotatable bonds is 4. The molecule has 0 rings (SSSR count). The molecular formula is C8H14N. The van der Waals surface area contributed by atoms with Gasteiger partial charge >= 0.3 is 0 Å². The van der Waals surface area contributed by atoms with Crippen molar-refractivity contribution in [3.05, 3.63) is 6.42 Å². The Labute approximate surface area is 57.8 Å². The summed E-state index contributed by atoms with van der Waals surface area (Å²) in [6.45, 7) is 2.14. The van der Waals surface area contributed by atoms with Gasteiger partial charge in [0.25, 0.3) is 0 Å². The summed E-state index contributed by atoms with van der Waals surface area (Å²) in [6.07, 6.45) is 9.65. The second kappa shape index (κ2) is 5.65. The summed E-state index contributed by atoms with van der Waals surface area (Å²) < 4.78 is 0. The van der Waals surface area contributed by atoms with Crippen molar-refractivity contribution in [2.45, 2.75) is 32.2 Å². The van der Waals surface area contributed by atoms with Crippen LogP contribution in [0.25, 0.3) is 0 Å². The van der Waals surface area contributed by atoms with E-state index in [1.807, 2.05) is 7.05 Å². The third-order valence-corrected chi connectivity index (χ3v) is 1.43. The maximum atomic E-state index is 6.63. The standard InChI is InChI=1S/C8H14N/c1-4-5-6-7-8(2)9-3/h8-9H,5-7H2,2-3H3. The van der Waals surface area contributed by atoms with E-state index in [-0.39, 0.29) is 0 Å². The van der Waals surface area contributed by atoms with E-state index >= 15 is 0 Å². The molecule has 1 N–H and O–H groups in total. The minimum absolute atomic E-state index is 0.582. The molecule has 0 fully saturated rings. The highest BCUT2D eigenvalue weighted by atomic mass is 14.8. The molecule has 0 aromatic heterocycles. The van der Waals surface area contributed by atoms with Crippen LogP contribution in [0.15, 0.2) is 0 Å². The summed E-state index contributed by atoms with van der Waals surface area (Å²) >= 11 is 0. The van der Waals surface area contributed by atoms with Crippen LogP contribution in [0.4, 0.5) is 0 Å². The highest BCUT2D eigenvalue weighted by Gasteiger charge is 1.94. The van der Waals surface area contributed by atoms with E-state index < -0.39 is 0 Å². The summed E-state index contributed by atoms with van der Waals surface area (Å²) in [6, 6.07) is 0.582. The number of hydrogen-bond acceptors (Lipinski definition) is 1. The summed E-state index contributed by atoms with van der Waals surface area (Å²) in [5, 5.41) is 3.13. The second-order valence-corrected chi connectivity index (χ2v) is 2.26. The van der Waals surface area contributed by atoms with E-state index in [9.17, 15) is 0 Å². The number of unbranched alkanes of at least 4 members (excludes halogenated alkanes) is 1. The summed E-state index contributed by atoms with van der Waals surface area (Å²) in [4.78, 5) is 0. The van der Waals surface area contributed by atoms with Gasteiger partial charge < -0.3 is 5.32 Å². The lowest BCUT2D eigenvalue weighted by molar-refractivity contribution is 0.547.